The standard InChI is InChI=1S/C17H21N3OS/c21-17(15-12-22-16-7-2-1-6-14(15)16)19-9-3-5-13(11-19)20-10-4-8-18-20/h4,8,10,12-13H,1-3,5-7,9,11H2/t13-/m0/s1. The van der Waals surface area contributed by atoms with E-state index in [4.69, 9.17) is 0 Å². The van der Waals surface area contributed by atoms with E-state index in [9.17, 15) is 4.79 Å². The molecule has 1 atom stereocenters. The van der Waals surface area contributed by atoms with Gasteiger partial charge >= 0.3 is 0 Å². The van der Waals surface area contributed by atoms with Gasteiger partial charge in [0.2, 0.25) is 0 Å². The first kappa shape index (κ1) is 14.0. The maximum Gasteiger partial charge on any atom is 0.255 e. The van der Waals surface area contributed by atoms with E-state index in [-0.39, 0.29) is 5.91 Å². The highest BCUT2D eigenvalue weighted by atomic mass is 32.1. The van der Waals surface area contributed by atoms with Gasteiger partial charge in [0.1, 0.15) is 0 Å². The summed E-state index contributed by atoms with van der Waals surface area (Å²) in [6.45, 7) is 1.66. The number of amides is 1. The second kappa shape index (κ2) is 5.88. The molecule has 2 aromatic heterocycles. The zero-order valence-corrected chi connectivity index (χ0v) is 13.5. The van der Waals surface area contributed by atoms with Crippen LogP contribution in [0.25, 0.3) is 0 Å². The fourth-order valence-corrected chi connectivity index (χ4v) is 4.81. The molecule has 5 heteroatoms. The molecule has 2 aromatic rings. The molecular weight excluding hydrogens is 294 g/mol. The van der Waals surface area contributed by atoms with Crippen molar-refractivity contribution in [3.63, 3.8) is 0 Å². The Labute approximate surface area is 134 Å². The zero-order valence-electron chi connectivity index (χ0n) is 12.7. The van der Waals surface area contributed by atoms with Gasteiger partial charge in [-0.25, -0.2) is 0 Å². The molecule has 1 amide bonds. The topological polar surface area (TPSA) is 38.1 Å². The minimum Gasteiger partial charge on any atom is -0.336 e. The maximum atomic E-state index is 13.0. The first-order chi connectivity index (χ1) is 10.8. The summed E-state index contributed by atoms with van der Waals surface area (Å²) in [6.07, 6.45) is 10.7. The monoisotopic (exact) mass is 315 g/mol. The zero-order chi connectivity index (χ0) is 14.9. The first-order valence-corrected chi connectivity index (χ1v) is 9.08. The molecule has 0 radical (unpaired) electrons. The number of carbonyl (C=O) groups excluding carboxylic acids is 1. The minimum atomic E-state index is 0.233. The number of aromatic nitrogens is 2. The van der Waals surface area contributed by atoms with Crippen molar-refractivity contribution in [1.29, 1.82) is 0 Å². The van der Waals surface area contributed by atoms with E-state index in [2.05, 4.69) is 10.5 Å². The van der Waals surface area contributed by atoms with Gasteiger partial charge in [-0.1, -0.05) is 0 Å². The van der Waals surface area contributed by atoms with Crippen LogP contribution in [0, 0.1) is 0 Å². The summed E-state index contributed by atoms with van der Waals surface area (Å²) in [6, 6.07) is 2.28. The Morgan fingerprint density at radius 1 is 1.27 bits per heavy atom. The third-order valence-corrected chi connectivity index (χ3v) is 5.96. The highest BCUT2D eigenvalue weighted by Gasteiger charge is 2.28. The van der Waals surface area contributed by atoms with Crippen LogP contribution in [0.1, 0.15) is 52.5 Å². The maximum absolute atomic E-state index is 13.0. The number of rotatable bonds is 2. The second-order valence-corrected chi connectivity index (χ2v) is 7.26. The van der Waals surface area contributed by atoms with Gasteiger partial charge in [-0.2, -0.15) is 5.10 Å². The summed E-state index contributed by atoms with van der Waals surface area (Å²) in [7, 11) is 0. The molecule has 0 saturated carbocycles. The molecule has 0 aromatic carbocycles. The van der Waals surface area contributed by atoms with Crippen LogP contribution < -0.4 is 0 Å². The average molecular weight is 315 g/mol. The van der Waals surface area contributed by atoms with E-state index in [0.717, 1.165) is 44.3 Å². The molecule has 4 nitrogen and oxygen atoms in total. The van der Waals surface area contributed by atoms with Gasteiger partial charge in [-0.15, -0.1) is 11.3 Å². The molecule has 1 aliphatic heterocycles. The Kier molecular flexibility index (Phi) is 3.74. The second-order valence-electron chi connectivity index (χ2n) is 6.29. The van der Waals surface area contributed by atoms with Crippen LogP contribution in [-0.2, 0) is 12.8 Å². The molecule has 116 valence electrons. The van der Waals surface area contributed by atoms with Crippen molar-refractivity contribution < 1.29 is 4.79 Å². The summed E-state index contributed by atoms with van der Waals surface area (Å²) in [5, 5.41) is 6.44. The van der Waals surface area contributed by atoms with Crippen molar-refractivity contribution in [3.05, 3.63) is 39.8 Å². The predicted octanol–water partition coefficient (Wildman–Crippen LogP) is 3.30. The molecule has 1 fully saturated rings. The van der Waals surface area contributed by atoms with Crippen LogP contribution in [0.2, 0.25) is 0 Å². The van der Waals surface area contributed by atoms with Crippen molar-refractivity contribution in [1.82, 2.24) is 14.7 Å². The van der Waals surface area contributed by atoms with E-state index >= 15 is 0 Å². The largest absolute Gasteiger partial charge is 0.336 e. The molecule has 2 aliphatic rings. The number of nitrogens with zero attached hydrogens (tertiary/aromatic N) is 3. The van der Waals surface area contributed by atoms with E-state index in [1.54, 1.807) is 11.3 Å². The molecule has 0 N–H and O–H groups in total. The first-order valence-electron chi connectivity index (χ1n) is 8.20. The summed E-state index contributed by atoms with van der Waals surface area (Å²) >= 11 is 1.78. The smallest absolute Gasteiger partial charge is 0.255 e. The van der Waals surface area contributed by atoms with E-state index in [1.165, 1.54) is 23.3 Å². The number of thiophene rings is 1. The lowest BCUT2D eigenvalue weighted by Crippen LogP contribution is -2.41. The lowest BCUT2D eigenvalue weighted by atomic mass is 9.95. The van der Waals surface area contributed by atoms with Crippen molar-refractivity contribution in [2.75, 3.05) is 13.1 Å². The number of aryl methyl sites for hydroxylation is 1. The van der Waals surface area contributed by atoms with Gasteiger partial charge in [0, 0.05) is 35.7 Å². The number of hydrogen-bond donors (Lipinski definition) is 0. The van der Waals surface area contributed by atoms with Crippen LogP contribution >= 0.6 is 11.3 Å². The number of carbonyl (C=O) groups is 1. The molecule has 0 bridgehead atoms. The van der Waals surface area contributed by atoms with Gasteiger partial charge in [-0.3, -0.25) is 9.48 Å². The highest BCUT2D eigenvalue weighted by molar-refractivity contribution is 7.10. The lowest BCUT2D eigenvalue weighted by Gasteiger charge is -2.33. The molecule has 3 heterocycles. The Balaban J connectivity index is 1.54. The van der Waals surface area contributed by atoms with Crippen molar-refractivity contribution >= 4 is 17.2 Å². The molecule has 1 aliphatic carbocycles. The molecule has 0 unspecified atom stereocenters. The number of hydrogen-bond acceptors (Lipinski definition) is 3. The van der Waals surface area contributed by atoms with Gasteiger partial charge in [0.25, 0.3) is 5.91 Å². The normalized spacial score (nSPS) is 21.6. The molecular formula is C17H21N3OS. The van der Waals surface area contributed by atoms with Crippen molar-refractivity contribution in [2.24, 2.45) is 0 Å². The summed E-state index contributed by atoms with van der Waals surface area (Å²) in [4.78, 5) is 16.4. The number of piperidine rings is 1. The Hall–Kier alpha value is -1.62. The number of fused-ring (bicyclic) bond motifs is 1. The fourth-order valence-electron chi connectivity index (χ4n) is 3.70. The van der Waals surface area contributed by atoms with Crippen molar-refractivity contribution in [2.45, 2.75) is 44.6 Å². The summed E-state index contributed by atoms with van der Waals surface area (Å²) in [5.74, 6) is 0.233. The Morgan fingerprint density at radius 3 is 3.05 bits per heavy atom. The molecule has 4 rings (SSSR count). The third kappa shape index (κ3) is 2.47. The lowest BCUT2D eigenvalue weighted by molar-refractivity contribution is 0.0672. The van der Waals surface area contributed by atoms with Crippen LogP contribution in [0.4, 0.5) is 0 Å². The number of likely N-dealkylation sites (tertiary alicyclic amines) is 1. The Morgan fingerprint density at radius 2 is 2.18 bits per heavy atom. The molecule has 22 heavy (non-hydrogen) atoms. The summed E-state index contributed by atoms with van der Waals surface area (Å²) in [5.41, 5.74) is 2.31. The van der Waals surface area contributed by atoms with Gasteiger partial charge in [0.05, 0.1) is 11.6 Å². The van der Waals surface area contributed by atoms with E-state index in [1.807, 2.05) is 28.0 Å². The van der Waals surface area contributed by atoms with Gasteiger partial charge in [0.15, 0.2) is 0 Å². The fraction of sp³-hybridized carbons (Fsp3) is 0.529. The average Bonchev–Trinajstić information content (AvgIpc) is 3.24. The van der Waals surface area contributed by atoms with Gasteiger partial charge < -0.3 is 4.90 Å². The van der Waals surface area contributed by atoms with Gasteiger partial charge in [-0.05, 0) is 50.2 Å². The van der Waals surface area contributed by atoms with E-state index < -0.39 is 0 Å². The van der Waals surface area contributed by atoms with E-state index in [0.29, 0.717) is 6.04 Å². The SMILES string of the molecule is O=C(c1csc2c1CCCC2)N1CCC[C@H](n2cccn2)C1. The van der Waals surface area contributed by atoms with Crippen LogP contribution in [0.5, 0.6) is 0 Å². The Bertz CT molecular complexity index is 662. The van der Waals surface area contributed by atoms with Crippen molar-refractivity contribution in [3.8, 4) is 0 Å². The highest BCUT2D eigenvalue weighted by Crippen LogP contribution is 2.32. The molecule has 1 saturated heterocycles. The minimum absolute atomic E-state index is 0.233. The summed E-state index contributed by atoms with van der Waals surface area (Å²) < 4.78 is 2.00. The quantitative estimate of drug-likeness (QED) is 0.853. The van der Waals surface area contributed by atoms with Crippen LogP contribution in [0.3, 0.4) is 0 Å². The predicted molar refractivity (Wildman–Crippen MR) is 87.4 cm³/mol. The molecule has 0 spiro atoms. The van der Waals surface area contributed by atoms with Crippen LogP contribution in [0.15, 0.2) is 23.8 Å². The third-order valence-electron chi connectivity index (χ3n) is 4.87. The van der Waals surface area contributed by atoms with Crippen LogP contribution in [-0.4, -0.2) is 33.7 Å².